The second-order valence-electron chi connectivity index (χ2n) is 8.17. The largest absolute Gasteiger partial charge is 0.480 e. The molecule has 0 spiro atoms. The molecule has 1 amide bonds. The Morgan fingerprint density at radius 2 is 1.80 bits per heavy atom. The molecule has 1 atom stereocenters. The Morgan fingerprint density at radius 3 is 2.47 bits per heavy atom. The van der Waals surface area contributed by atoms with Gasteiger partial charge in [-0.1, -0.05) is 22.0 Å². The first kappa shape index (κ1) is 21.3. The number of amides is 1. The van der Waals surface area contributed by atoms with Crippen LogP contribution in [0.3, 0.4) is 0 Å². The van der Waals surface area contributed by atoms with E-state index in [1.807, 2.05) is 28.0 Å². The number of hydrogen-bond donors (Lipinski definition) is 2. The summed E-state index contributed by atoms with van der Waals surface area (Å²) in [4.78, 5) is 36.3. The van der Waals surface area contributed by atoms with E-state index in [0.29, 0.717) is 32.7 Å². The van der Waals surface area contributed by atoms with Crippen LogP contribution in [-0.2, 0) is 9.59 Å². The molecule has 0 saturated carbocycles. The van der Waals surface area contributed by atoms with Crippen molar-refractivity contribution in [3.63, 3.8) is 0 Å². The van der Waals surface area contributed by atoms with Crippen molar-refractivity contribution in [2.75, 3.05) is 66.0 Å². The zero-order chi connectivity index (χ0) is 21.3. The lowest BCUT2D eigenvalue weighted by atomic mass is 10.0. The topological polar surface area (TPSA) is 83.1 Å². The van der Waals surface area contributed by atoms with Crippen molar-refractivity contribution in [2.45, 2.75) is 6.04 Å². The summed E-state index contributed by atoms with van der Waals surface area (Å²) in [5, 5.41) is 10.9. The molecule has 30 heavy (non-hydrogen) atoms. The number of fused-ring (bicyclic) bond motifs is 1. The summed E-state index contributed by atoms with van der Waals surface area (Å²) >= 11 is 3.46. The van der Waals surface area contributed by atoms with E-state index in [0.717, 1.165) is 47.1 Å². The molecule has 2 N–H and O–H groups in total. The van der Waals surface area contributed by atoms with Gasteiger partial charge in [-0.2, -0.15) is 0 Å². The van der Waals surface area contributed by atoms with Crippen LogP contribution in [0, 0.1) is 0 Å². The number of aromatic nitrogens is 1. The van der Waals surface area contributed by atoms with Crippen molar-refractivity contribution in [1.82, 2.24) is 24.6 Å². The smallest absolute Gasteiger partial charge is 0.325 e. The van der Waals surface area contributed by atoms with Crippen molar-refractivity contribution in [1.29, 1.82) is 0 Å². The lowest BCUT2D eigenvalue weighted by molar-refractivity contribution is -0.145. The molecule has 2 saturated heterocycles. The number of aliphatic carboxylic acids is 1. The first-order valence-corrected chi connectivity index (χ1v) is 11.1. The van der Waals surface area contributed by atoms with Gasteiger partial charge < -0.3 is 19.9 Å². The van der Waals surface area contributed by atoms with Crippen LogP contribution in [0.15, 0.2) is 28.9 Å². The minimum atomic E-state index is -0.846. The SMILES string of the molecule is CN1CCN(C(=O)CN2CCN([C@@H](C(=O)O)c3c[nH]c4cc(Br)ccc34)CC2)CC1. The zero-order valence-corrected chi connectivity index (χ0v) is 18.8. The van der Waals surface area contributed by atoms with E-state index in [2.05, 4.69) is 37.8 Å². The van der Waals surface area contributed by atoms with E-state index < -0.39 is 12.0 Å². The third-order valence-electron chi connectivity index (χ3n) is 6.19. The molecule has 0 radical (unpaired) electrons. The van der Waals surface area contributed by atoms with E-state index in [4.69, 9.17) is 0 Å². The number of likely N-dealkylation sites (N-methyl/N-ethyl adjacent to an activating group) is 1. The van der Waals surface area contributed by atoms with Gasteiger partial charge >= 0.3 is 5.97 Å². The number of halogens is 1. The van der Waals surface area contributed by atoms with Gasteiger partial charge in [0.1, 0.15) is 6.04 Å². The van der Waals surface area contributed by atoms with Crippen LogP contribution in [0.1, 0.15) is 11.6 Å². The molecule has 9 heteroatoms. The average Bonchev–Trinajstić information content (AvgIpc) is 3.12. The molecule has 1 aromatic carbocycles. The maximum atomic E-state index is 12.6. The van der Waals surface area contributed by atoms with Crippen LogP contribution in [0.5, 0.6) is 0 Å². The molecule has 1 aromatic heterocycles. The summed E-state index contributed by atoms with van der Waals surface area (Å²) in [7, 11) is 2.08. The highest BCUT2D eigenvalue weighted by atomic mass is 79.9. The molecule has 4 rings (SSSR count). The van der Waals surface area contributed by atoms with Gasteiger partial charge in [0, 0.05) is 79.5 Å². The Balaban J connectivity index is 1.39. The minimum absolute atomic E-state index is 0.175. The Hall–Kier alpha value is -1.94. The van der Waals surface area contributed by atoms with E-state index in [9.17, 15) is 14.7 Å². The number of rotatable bonds is 5. The van der Waals surface area contributed by atoms with Gasteiger partial charge in [-0.15, -0.1) is 0 Å². The molecule has 2 aliphatic heterocycles. The van der Waals surface area contributed by atoms with Gasteiger partial charge in [0.2, 0.25) is 5.91 Å². The number of aromatic amines is 1. The van der Waals surface area contributed by atoms with Crippen molar-refractivity contribution in [3.05, 3.63) is 34.4 Å². The number of carboxylic acids is 1. The summed E-state index contributed by atoms with van der Waals surface area (Å²) in [6.07, 6.45) is 1.80. The Labute approximate surface area is 184 Å². The highest BCUT2D eigenvalue weighted by molar-refractivity contribution is 9.10. The van der Waals surface area contributed by atoms with Crippen LogP contribution in [-0.4, -0.2) is 108 Å². The van der Waals surface area contributed by atoms with Gasteiger partial charge in [0.05, 0.1) is 6.54 Å². The summed E-state index contributed by atoms with van der Waals surface area (Å²) < 4.78 is 0.953. The number of carbonyl (C=O) groups is 2. The second kappa shape index (κ2) is 9.05. The maximum absolute atomic E-state index is 12.6. The molecule has 2 aliphatic rings. The first-order valence-electron chi connectivity index (χ1n) is 10.3. The van der Waals surface area contributed by atoms with E-state index in [-0.39, 0.29) is 5.91 Å². The van der Waals surface area contributed by atoms with Gasteiger partial charge in [-0.25, -0.2) is 0 Å². The molecule has 0 bridgehead atoms. The number of piperazine rings is 2. The van der Waals surface area contributed by atoms with Crippen molar-refractivity contribution >= 4 is 38.7 Å². The Bertz CT molecular complexity index is 917. The van der Waals surface area contributed by atoms with Gasteiger partial charge in [0.15, 0.2) is 0 Å². The van der Waals surface area contributed by atoms with E-state index in [1.54, 1.807) is 6.20 Å². The standard InChI is InChI=1S/C21H28BrN5O3/c1-24-4-8-26(9-5-24)19(28)14-25-6-10-27(11-7-25)20(21(29)30)17-13-23-18-12-15(22)2-3-16(17)18/h2-3,12-13,20,23H,4-11,14H2,1H3,(H,29,30)/t20-/m1/s1. The molecule has 3 heterocycles. The highest BCUT2D eigenvalue weighted by Gasteiger charge is 2.33. The maximum Gasteiger partial charge on any atom is 0.325 e. The number of H-pyrrole nitrogens is 1. The fraction of sp³-hybridized carbons (Fsp3) is 0.524. The predicted molar refractivity (Wildman–Crippen MR) is 118 cm³/mol. The third kappa shape index (κ3) is 4.54. The lowest BCUT2D eigenvalue weighted by Crippen LogP contribution is -2.54. The van der Waals surface area contributed by atoms with Crippen LogP contribution >= 0.6 is 15.9 Å². The van der Waals surface area contributed by atoms with Gasteiger partial charge in [0.25, 0.3) is 0 Å². The quantitative estimate of drug-likeness (QED) is 0.677. The van der Waals surface area contributed by atoms with Crippen molar-refractivity contribution < 1.29 is 14.7 Å². The molecule has 2 fully saturated rings. The number of nitrogens with one attached hydrogen (secondary N) is 1. The summed E-state index contributed by atoms with van der Waals surface area (Å²) in [5.41, 5.74) is 1.70. The molecule has 0 aliphatic carbocycles. The lowest BCUT2D eigenvalue weighted by Gasteiger charge is -2.39. The van der Waals surface area contributed by atoms with E-state index in [1.165, 1.54) is 0 Å². The fourth-order valence-electron chi connectivity index (χ4n) is 4.36. The summed E-state index contributed by atoms with van der Waals surface area (Å²) in [6, 6.07) is 5.14. The molecule has 162 valence electrons. The van der Waals surface area contributed by atoms with Crippen LogP contribution in [0.25, 0.3) is 10.9 Å². The highest BCUT2D eigenvalue weighted by Crippen LogP contribution is 2.31. The molecular weight excluding hydrogens is 450 g/mol. The monoisotopic (exact) mass is 477 g/mol. The average molecular weight is 478 g/mol. The number of hydrogen-bond acceptors (Lipinski definition) is 5. The summed E-state index contributed by atoms with van der Waals surface area (Å²) in [6.45, 7) is 6.44. The van der Waals surface area contributed by atoms with Crippen molar-refractivity contribution in [3.8, 4) is 0 Å². The van der Waals surface area contributed by atoms with Crippen LogP contribution < -0.4 is 0 Å². The molecular formula is C21H28BrN5O3. The fourth-order valence-corrected chi connectivity index (χ4v) is 4.72. The van der Waals surface area contributed by atoms with E-state index >= 15 is 0 Å². The molecule has 0 unspecified atom stereocenters. The van der Waals surface area contributed by atoms with Gasteiger partial charge in [-0.05, 0) is 19.2 Å². The van der Waals surface area contributed by atoms with Gasteiger partial charge in [-0.3, -0.25) is 19.4 Å². The Morgan fingerprint density at radius 1 is 1.10 bits per heavy atom. The molecule has 2 aromatic rings. The second-order valence-corrected chi connectivity index (χ2v) is 9.09. The third-order valence-corrected chi connectivity index (χ3v) is 6.68. The molecule has 8 nitrogen and oxygen atoms in total. The number of nitrogens with zero attached hydrogens (tertiary/aromatic N) is 4. The predicted octanol–water partition coefficient (Wildman–Crippen LogP) is 1.45. The minimum Gasteiger partial charge on any atom is -0.480 e. The zero-order valence-electron chi connectivity index (χ0n) is 17.2. The van der Waals surface area contributed by atoms with Crippen LogP contribution in [0.2, 0.25) is 0 Å². The number of carboxylic acid groups (broad SMARTS) is 1. The first-order chi connectivity index (χ1) is 14.4. The van der Waals surface area contributed by atoms with Crippen molar-refractivity contribution in [2.24, 2.45) is 0 Å². The summed E-state index contributed by atoms with van der Waals surface area (Å²) in [5.74, 6) is -0.672. The van der Waals surface area contributed by atoms with Crippen LogP contribution in [0.4, 0.5) is 0 Å². The number of benzene rings is 1. The Kier molecular flexibility index (Phi) is 6.43. The normalized spacial score (nSPS) is 20.5. The number of carbonyl (C=O) groups excluding carboxylic acids is 1.